The molecule has 3 aliphatic rings. The summed E-state index contributed by atoms with van der Waals surface area (Å²) in [6.07, 6.45) is 4.11. The fraction of sp³-hybridized carbons (Fsp3) is 0.850. The first-order valence-electron chi connectivity index (χ1n) is 10.2. The average Bonchev–Trinajstić information content (AvgIpc) is 3.08. The van der Waals surface area contributed by atoms with E-state index in [2.05, 4.69) is 0 Å². The van der Waals surface area contributed by atoms with Crippen molar-refractivity contribution in [3.63, 3.8) is 0 Å². The fourth-order valence-corrected chi connectivity index (χ4v) is 4.62. The Morgan fingerprint density at radius 1 is 1.07 bits per heavy atom. The van der Waals surface area contributed by atoms with Gasteiger partial charge in [0.2, 0.25) is 0 Å². The maximum absolute atomic E-state index is 13.0. The van der Waals surface area contributed by atoms with Crippen LogP contribution in [-0.4, -0.2) is 49.3 Å². The van der Waals surface area contributed by atoms with Crippen molar-refractivity contribution in [2.45, 2.75) is 77.3 Å². The summed E-state index contributed by atoms with van der Waals surface area (Å²) in [5.41, 5.74) is -0.931. The molecule has 0 unspecified atom stereocenters. The molecule has 0 aromatic heterocycles. The SMILES string of the molecule is CCOC(=O)[C@@]1(CCCC2C(=O)OC(C)(C)OC2=O)CCCCC12OCCO2. The van der Waals surface area contributed by atoms with Gasteiger partial charge >= 0.3 is 17.9 Å². The Kier molecular flexibility index (Phi) is 6.00. The van der Waals surface area contributed by atoms with Crippen molar-refractivity contribution in [2.75, 3.05) is 19.8 Å². The first-order valence-corrected chi connectivity index (χ1v) is 10.2. The Morgan fingerprint density at radius 2 is 1.68 bits per heavy atom. The van der Waals surface area contributed by atoms with Crippen molar-refractivity contribution in [3.05, 3.63) is 0 Å². The zero-order valence-electron chi connectivity index (χ0n) is 16.9. The minimum atomic E-state index is -1.24. The predicted molar refractivity (Wildman–Crippen MR) is 95.8 cm³/mol. The standard InChI is InChI=1S/C20H30O8/c1-4-24-17(23)19(9-5-6-11-20(19)25-12-13-26-20)10-7-8-14-15(21)27-18(2,3)28-16(14)22/h14H,4-13H2,1-3H3/t19-/m0/s1. The lowest BCUT2D eigenvalue weighted by atomic mass is 9.66. The molecule has 28 heavy (non-hydrogen) atoms. The number of hydrogen-bond donors (Lipinski definition) is 0. The molecule has 0 amide bonds. The minimum Gasteiger partial charge on any atom is -0.465 e. The Balaban J connectivity index is 1.73. The molecule has 2 saturated heterocycles. The summed E-state index contributed by atoms with van der Waals surface area (Å²) < 4.78 is 27.7. The lowest BCUT2D eigenvalue weighted by Gasteiger charge is -2.48. The van der Waals surface area contributed by atoms with Crippen LogP contribution in [0.1, 0.15) is 65.7 Å². The molecular weight excluding hydrogens is 368 g/mol. The molecule has 1 aliphatic carbocycles. The van der Waals surface area contributed by atoms with Gasteiger partial charge in [-0.25, -0.2) is 0 Å². The first-order chi connectivity index (χ1) is 13.3. The number of rotatable bonds is 6. The van der Waals surface area contributed by atoms with E-state index in [0.29, 0.717) is 38.9 Å². The molecule has 8 nitrogen and oxygen atoms in total. The number of carbonyl (C=O) groups is 3. The van der Waals surface area contributed by atoms with Crippen LogP contribution in [0.2, 0.25) is 0 Å². The summed E-state index contributed by atoms with van der Waals surface area (Å²) in [5, 5.41) is 0. The molecular formula is C20H30O8. The van der Waals surface area contributed by atoms with Gasteiger partial charge in [0, 0.05) is 20.3 Å². The van der Waals surface area contributed by atoms with Crippen LogP contribution in [0.5, 0.6) is 0 Å². The van der Waals surface area contributed by atoms with E-state index < -0.39 is 34.8 Å². The van der Waals surface area contributed by atoms with Crippen LogP contribution in [0.4, 0.5) is 0 Å². The molecule has 3 fully saturated rings. The van der Waals surface area contributed by atoms with Crippen LogP contribution >= 0.6 is 0 Å². The number of cyclic esters (lactones) is 2. The van der Waals surface area contributed by atoms with Crippen molar-refractivity contribution in [1.82, 2.24) is 0 Å². The normalized spacial score (nSPS) is 29.4. The Labute approximate surface area is 165 Å². The second kappa shape index (κ2) is 7.99. The second-order valence-corrected chi connectivity index (χ2v) is 8.15. The van der Waals surface area contributed by atoms with Crippen molar-refractivity contribution in [3.8, 4) is 0 Å². The molecule has 1 spiro atoms. The van der Waals surface area contributed by atoms with Crippen LogP contribution < -0.4 is 0 Å². The molecule has 158 valence electrons. The van der Waals surface area contributed by atoms with E-state index in [1.54, 1.807) is 6.92 Å². The van der Waals surface area contributed by atoms with E-state index in [1.807, 2.05) is 0 Å². The van der Waals surface area contributed by atoms with E-state index in [4.69, 9.17) is 23.7 Å². The van der Waals surface area contributed by atoms with Gasteiger partial charge in [0.15, 0.2) is 11.7 Å². The molecule has 0 aromatic rings. The van der Waals surface area contributed by atoms with Crippen LogP contribution in [0.3, 0.4) is 0 Å². The Morgan fingerprint density at radius 3 is 2.29 bits per heavy atom. The van der Waals surface area contributed by atoms with Gasteiger partial charge in [0.1, 0.15) is 5.41 Å². The molecule has 2 aliphatic heterocycles. The highest BCUT2D eigenvalue weighted by Crippen LogP contribution is 2.53. The largest absolute Gasteiger partial charge is 0.465 e. The summed E-state index contributed by atoms with van der Waals surface area (Å²) in [5.74, 6) is -4.69. The maximum Gasteiger partial charge on any atom is 0.323 e. The molecule has 0 N–H and O–H groups in total. The summed E-state index contributed by atoms with van der Waals surface area (Å²) in [4.78, 5) is 37.4. The van der Waals surface area contributed by atoms with Gasteiger partial charge in [0.25, 0.3) is 5.79 Å². The van der Waals surface area contributed by atoms with Gasteiger partial charge in [-0.3, -0.25) is 14.4 Å². The molecule has 1 atom stereocenters. The molecule has 0 bridgehead atoms. The Bertz CT molecular complexity index is 602. The molecule has 0 radical (unpaired) electrons. The van der Waals surface area contributed by atoms with Crippen LogP contribution in [0.25, 0.3) is 0 Å². The van der Waals surface area contributed by atoms with Crippen molar-refractivity contribution in [2.24, 2.45) is 11.3 Å². The first kappa shape index (κ1) is 21.0. The third-order valence-corrected chi connectivity index (χ3v) is 5.87. The fourth-order valence-electron chi connectivity index (χ4n) is 4.62. The quantitative estimate of drug-likeness (QED) is 0.497. The molecule has 0 aromatic carbocycles. The lowest BCUT2D eigenvalue weighted by Crippen LogP contribution is -2.57. The van der Waals surface area contributed by atoms with Crippen LogP contribution in [0.15, 0.2) is 0 Å². The summed E-state index contributed by atoms with van der Waals surface area (Å²) >= 11 is 0. The van der Waals surface area contributed by atoms with Crippen molar-refractivity contribution >= 4 is 17.9 Å². The van der Waals surface area contributed by atoms with E-state index in [0.717, 1.165) is 12.8 Å². The second-order valence-electron chi connectivity index (χ2n) is 8.15. The highest BCUT2D eigenvalue weighted by atomic mass is 16.7. The summed E-state index contributed by atoms with van der Waals surface area (Å²) in [7, 11) is 0. The third kappa shape index (κ3) is 3.76. The van der Waals surface area contributed by atoms with E-state index in [9.17, 15) is 14.4 Å². The van der Waals surface area contributed by atoms with E-state index in [-0.39, 0.29) is 19.0 Å². The third-order valence-electron chi connectivity index (χ3n) is 5.87. The predicted octanol–water partition coefficient (Wildman–Crippen LogP) is 2.48. The van der Waals surface area contributed by atoms with E-state index >= 15 is 0 Å². The van der Waals surface area contributed by atoms with Gasteiger partial charge < -0.3 is 23.7 Å². The van der Waals surface area contributed by atoms with Gasteiger partial charge in [-0.15, -0.1) is 0 Å². The minimum absolute atomic E-state index is 0.241. The average molecular weight is 398 g/mol. The molecule has 8 heteroatoms. The van der Waals surface area contributed by atoms with Crippen molar-refractivity contribution < 1.29 is 38.1 Å². The zero-order chi connectivity index (χ0) is 20.4. The van der Waals surface area contributed by atoms with E-state index in [1.165, 1.54) is 13.8 Å². The molecule has 3 rings (SSSR count). The topological polar surface area (TPSA) is 97.4 Å². The zero-order valence-corrected chi connectivity index (χ0v) is 16.9. The van der Waals surface area contributed by atoms with Gasteiger partial charge in [0.05, 0.1) is 19.8 Å². The number of hydrogen-bond acceptors (Lipinski definition) is 8. The lowest BCUT2D eigenvalue weighted by molar-refractivity contribution is -0.262. The van der Waals surface area contributed by atoms with Crippen molar-refractivity contribution in [1.29, 1.82) is 0 Å². The Hall–Kier alpha value is -1.67. The smallest absolute Gasteiger partial charge is 0.323 e. The van der Waals surface area contributed by atoms with Crippen LogP contribution in [0, 0.1) is 11.3 Å². The summed E-state index contributed by atoms with van der Waals surface area (Å²) in [6, 6.07) is 0. The number of esters is 3. The number of carbonyl (C=O) groups excluding carboxylic acids is 3. The molecule has 1 saturated carbocycles. The number of ether oxygens (including phenoxy) is 5. The highest BCUT2D eigenvalue weighted by Gasteiger charge is 2.62. The monoisotopic (exact) mass is 398 g/mol. The van der Waals surface area contributed by atoms with Crippen LogP contribution in [-0.2, 0) is 38.1 Å². The van der Waals surface area contributed by atoms with Gasteiger partial charge in [-0.05, 0) is 32.6 Å². The van der Waals surface area contributed by atoms with Gasteiger partial charge in [-0.2, -0.15) is 0 Å². The highest BCUT2D eigenvalue weighted by molar-refractivity contribution is 5.96. The summed E-state index contributed by atoms with van der Waals surface area (Å²) in [6.45, 7) is 5.97. The maximum atomic E-state index is 13.0. The van der Waals surface area contributed by atoms with Gasteiger partial charge in [-0.1, -0.05) is 12.8 Å². The molecule has 2 heterocycles.